The van der Waals surface area contributed by atoms with Gasteiger partial charge in [0.2, 0.25) is 0 Å². The van der Waals surface area contributed by atoms with E-state index in [1.54, 1.807) is 24.9 Å². The minimum absolute atomic E-state index is 0.182. The number of thioether (sulfide) groups is 1. The summed E-state index contributed by atoms with van der Waals surface area (Å²) in [6.07, 6.45) is 3.54. The zero-order chi connectivity index (χ0) is 14.6. The highest BCUT2D eigenvalue weighted by molar-refractivity contribution is 8.01. The number of hydrogen-bond acceptors (Lipinski definition) is 6. The number of nitrogens with zero attached hydrogens (tertiary/aromatic N) is 2. The van der Waals surface area contributed by atoms with Crippen molar-refractivity contribution < 1.29 is 8.42 Å². The van der Waals surface area contributed by atoms with E-state index in [0.717, 1.165) is 23.5 Å². The van der Waals surface area contributed by atoms with Crippen molar-refractivity contribution >= 4 is 27.3 Å². The van der Waals surface area contributed by atoms with Gasteiger partial charge in [0.1, 0.15) is 5.37 Å². The van der Waals surface area contributed by atoms with Crippen molar-refractivity contribution in [1.82, 2.24) is 10.3 Å². The number of sulfone groups is 1. The molecule has 112 valence electrons. The fourth-order valence-electron chi connectivity index (χ4n) is 2.37. The van der Waals surface area contributed by atoms with Gasteiger partial charge in [0.05, 0.1) is 0 Å². The molecule has 1 fully saturated rings. The Morgan fingerprint density at radius 1 is 1.55 bits per heavy atom. The van der Waals surface area contributed by atoms with E-state index in [0.29, 0.717) is 12.3 Å². The molecule has 0 aliphatic carbocycles. The molecule has 2 rings (SSSR count). The van der Waals surface area contributed by atoms with Crippen molar-refractivity contribution in [3.63, 3.8) is 0 Å². The molecule has 1 unspecified atom stereocenters. The van der Waals surface area contributed by atoms with Crippen LogP contribution < -0.4 is 10.2 Å². The van der Waals surface area contributed by atoms with E-state index in [2.05, 4.69) is 10.3 Å². The molecular formula is C13H21N3O2S2. The highest BCUT2D eigenvalue weighted by atomic mass is 32.2. The van der Waals surface area contributed by atoms with Crippen LogP contribution in [0.4, 0.5) is 5.69 Å². The molecule has 0 spiro atoms. The second-order valence-electron chi connectivity index (χ2n) is 4.71. The van der Waals surface area contributed by atoms with Gasteiger partial charge >= 0.3 is 0 Å². The molecule has 1 aliphatic rings. The van der Waals surface area contributed by atoms with E-state index in [9.17, 15) is 8.42 Å². The van der Waals surface area contributed by atoms with Gasteiger partial charge in [0, 0.05) is 54.0 Å². The molecule has 0 saturated carbocycles. The van der Waals surface area contributed by atoms with Crippen molar-refractivity contribution in [2.45, 2.75) is 18.8 Å². The van der Waals surface area contributed by atoms with Gasteiger partial charge < -0.3 is 10.2 Å². The number of pyridine rings is 1. The summed E-state index contributed by atoms with van der Waals surface area (Å²) in [4.78, 5) is 6.18. The molecule has 0 radical (unpaired) electrons. The van der Waals surface area contributed by atoms with Crippen molar-refractivity contribution in [1.29, 1.82) is 0 Å². The third kappa shape index (κ3) is 3.27. The summed E-state index contributed by atoms with van der Waals surface area (Å²) in [5.74, 6) is 1.77. The second-order valence-corrected chi connectivity index (χ2v) is 8.31. The van der Waals surface area contributed by atoms with Crippen LogP contribution in [-0.2, 0) is 16.4 Å². The van der Waals surface area contributed by atoms with Crippen LogP contribution in [0.5, 0.6) is 0 Å². The Hall–Kier alpha value is -0.790. The molecule has 1 aliphatic heterocycles. The minimum atomic E-state index is -3.09. The Kier molecular flexibility index (Phi) is 5.29. The Morgan fingerprint density at radius 3 is 3.05 bits per heavy atom. The summed E-state index contributed by atoms with van der Waals surface area (Å²) >= 11 is 1.71. The molecule has 7 heteroatoms. The van der Waals surface area contributed by atoms with Gasteiger partial charge in [-0.15, -0.1) is 0 Å². The first kappa shape index (κ1) is 15.6. The second kappa shape index (κ2) is 6.78. The zero-order valence-electron chi connectivity index (χ0n) is 11.9. The van der Waals surface area contributed by atoms with Crippen molar-refractivity contribution in [2.75, 3.05) is 35.8 Å². The van der Waals surface area contributed by atoms with Crippen LogP contribution in [0.15, 0.2) is 18.5 Å². The average molecular weight is 315 g/mol. The summed E-state index contributed by atoms with van der Waals surface area (Å²) < 4.78 is 24.6. The van der Waals surface area contributed by atoms with Crippen LogP contribution in [0.3, 0.4) is 0 Å². The first-order chi connectivity index (χ1) is 9.60. The molecule has 0 bridgehead atoms. The van der Waals surface area contributed by atoms with Crippen LogP contribution in [-0.4, -0.2) is 49.6 Å². The number of aromatic nitrogens is 1. The van der Waals surface area contributed by atoms with Crippen LogP contribution in [0, 0.1) is 0 Å². The molecular weight excluding hydrogens is 294 g/mol. The number of hydrogen-bond donors (Lipinski definition) is 1. The molecule has 5 nitrogen and oxygen atoms in total. The lowest BCUT2D eigenvalue weighted by molar-refractivity contribution is 0.579. The standard InChI is InChI=1S/C13H21N3O2S2/c1-3-20(17,18)13-10-19-7-6-16(13)12-4-5-15-9-11(12)8-14-2/h4-5,9,13-14H,3,6-8,10H2,1-2H3. The fourth-order valence-corrected chi connectivity index (χ4v) is 5.36. The third-order valence-electron chi connectivity index (χ3n) is 3.46. The average Bonchev–Trinajstić information content (AvgIpc) is 2.48. The Balaban J connectivity index is 2.38. The summed E-state index contributed by atoms with van der Waals surface area (Å²) in [5.41, 5.74) is 2.02. The number of anilines is 1. The quantitative estimate of drug-likeness (QED) is 0.878. The van der Waals surface area contributed by atoms with E-state index in [1.165, 1.54) is 0 Å². The van der Waals surface area contributed by atoms with Crippen LogP contribution in [0.2, 0.25) is 0 Å². The summed E-state index contributed by atoms with van der Waals surface area (Å²) in [7, 11) is -1.21. The Bertz CT molecular complexity index is 548. The lowest BCUT2D eigenvalue weighted by Gasteiger charge is -2.37. The Labute approximate surface area is 125 Å². The predicted molar refractivity (Wildman–Crippen MR) is 84.9 cm³/mol. The molecule has 0 aromatic carbocycles. The zero-order valence-corrected chi connectivity index (χ0v) is 13.5. The number of rotatable bonds is 5. The van der Waals surface area contributed by atoms with E-state index < -0.39 is 15.2 Å². The summed E-state index contributed by atoms with van der Waals surface area (Å²) in [5, 5.41) is 2.68. The van der Waals surface area contributed by atoms with E-state index in [4.69, 9.17) is 0 Å². The predicted octanol–water partition coefficient (Wildman–Crippen LogP) is 1.11. The maximum atomic E-state index is 12.3. The lowest BCUT2D eigenvalue weighted by Crippen LogP contribution is -2.48. The molecule has 0 amide bonds. The first-order valence-electron chi connectivity index (χ1n) is 6.73. The largest absolute Gasteiger partial charge is 0.353 e. The number of nitrogens with one attached hydrogen (secondary N) is 1. The van der Waals surface area contributed by atoms with Gasteiger partial charge in [-0.3, -0.25) is 4.98 Å². The van der Waals surface area contributed by atoms with Gasteiger partial charge in [-0.1, -0.05) is 6.92 Å². The van der Waals surface area contributed by atoms with Gasteiger partial charge in [-0.05, 0) is 13.1 Å². The summed E-state index contributed by atoms with van der Waals surface area (Å²) in [6, 6.07) is 1.92. The van der Waals surface area contributed by atoms with E-state index >= 15 is 0 Å². The van der Waals surface area contributed by atoms with Crippen LogP contribution in [0.25, 0.3) is 0 Å². The molecule has 2 heterocycles. The Morgan fingerprint density at radius 2 is 2.35 bits per heavy atom. The first-order valence-corrected chi connectivity index (χ1v) is 9.60. The molecule has 1 aromatic rings. The third-order valence-corrected chi connectivity index (χ3v) is 6.74. The highest BCUT2D eigenvalue weighted by Gasteiger charge is 2.33. The van der Waals surface area contributed by atoms with Crippen molar-refractivity contribution in [3.05, 3.63) is 24.0 Å². The van der Waals surface area contributed by atoms with Gasteiger partial charge in [0.25, 0.3) is 0 Å². The maximum absolute atomic E-state index is 12.3. The van der Waals surface area contributed by atoms with Gasteiger partial charge in [-0.2, -0.15) is 11.8 Å². The molecule has 1 aromatic heterocycles. The highest BCUT2D eigenvalue weighted by Crippen LogP contribution is 2.29. The molecule has 1 N–H and O–H groups in total. The topological polar surface area (TPSA) is 62.3 Å². The van der Waals surface area contributed by atoms with Crippen LogP contribution in [0.1, 0.15) is 12.5 Å². The van der Waals surface area contributed by atoms with Gasteiger partial charge in [-0.25, -0.2) is 8.42 Å². The lowest BCUT2D eigenvalue weighted by atomic mass is 10.2. The molecule has 1 saturated heterocycles. The monoisotopic (exact) mass is 315 g/mol. The van der Waals surface area contributed by atoms with Gasteiger partial charge in [0.15, 0.2) is 9.84 Å². The molecule has 20 heavy (non-hydrogen) atoms. The molecule has 1 atom stereocenters. The summed E-state index contributed by atoms with van der Waals surface area (Å²) in [6.45, 7) is 3.16. The SMILES string of the molecule is CCS(=O)(=O)C1CSCCN1c1ccncc1CNC. The van der Waals surface area contributed by atoms with Crippen LogP contribution >= 0.6 is 11.8 Å². The fraction of sp³-hybridized carbons (Fsp3) is 0.615. The van der Waals surface area contributed by atoms with Crippen molar-refractivity contribution in [2.24, 2.45) is 0 Å². The van der Waals surface area contributed by atoms with Crippen molar-refractivity contribution in [3.8, 4) is 0 Å². The minimum Gasteiger partial charge on any atom is -0.353 e. The maximum Gasteiger partial charge on any atom is 0.171 e. The van der Waals surface area contributed by atoms with E-state index in [1.807, 2.05) is 24.2 Å². The smallest absolute Gasteiger partial charge is 0.171 e. The normalized spacial score (nSPS) is 20.1. The van der Waals surface area contributed by atoms with E-state index in [-0.39, 0.29) is 5.75 Å².